The Bertz CT molecular complexity index is 934. The molecule has 1 saturated heterocycles. The molecular formula is C21H19FN2O2. The summed E-state index contributed by atoms with van der Waals surface area (Å²) in [6.45, 7) is 1.89. The highest BCUT2D eigenvalue weighted by Gasteiger charge is 2.23. The van der Waals surface area contributed by atoms with E-state index in [1.54, 1.807) is 12.1 Å². The van der Waals surface area contributed by atoms with Crippen molar-refractivity contribution in [1.82, 2.24) is 4.98 Å². The molecule has 0 aliphatic carbocycles. The molecule has 3 aromatic rings. The first-order valence-electron chi connectivity index (χ1n) is 8.77. The minimum atomic E-state index is -0.408. The lowest BCUT2D eigenvalue weighted by Crippen LogP contribution is -2.23. The molecule has 4 rings (SSSR count). The van der Waals surface area contributed by atoms with Gasteiger partial charge in [-0.15, -0.1) is 0 Å². The van der Waals surface area contributed by atoms with E-state index in [4.69, 9.17) is 9.72 Å². The zero-order valence-electron chi connectivity index (χ0n) is 14.3. The van der Waals surface area contributed by atoms with Crippen LogP contribution in [0.5, 0.6) is 0 Å². The maximum atomic E-state index is 13.0. The molecular weight excluding hydrogens is 331 g/mol. The second kappa shape index (κ2) is 7.12. The van der Waals surface area contributed by atoms with Crippen molar-refractivity contribution in [3.8, 4) is 0 Å². The van der Waals surface area contributed by atoms with Gasteiger partial charge in [0.05, 0.1) is 5.52 Å². The van der Waals surface area contributed by atoms with E-state index in [-0.39, 0.29) is 12.4 Å². The summed E-state index contributed by atoms with van der Waals surface area (Å²) in [5.74, 6) is -0.0325. The second-order valence-electron chi connectivity index (χ2n) is 6.45. The average molecular weight is 350 g/mol. The highest BCUT2D eigenvalue weighted by atomic mass is 19.1. The molecule has 2 aromatic carbocycles. The molecule has 0 atom stereocenters. The third kappa shape index (κ3) is 3.38. The molecule has 0 N–H and O–H groups in total. The van der Waals surface area contributed by atoms with Gasteiger partial charge in [-0.1, -0.05) is 30.3 Å². The number of para-hydroxylation sites is 1. The van der Waals surface area contributed by atoms with E-state index in [1.807, 2.05) is 30.3 Å². The van der Waals surface area contributed by atoms with Crippen LogP contribution in [0.2, 0.25) is 0 Å². The summed E-state index contributed by atoms with van der Waals surface area (Å²) >= 11 is 0. The zero-order valence-corrected chi connectivity index (χ0v) is 14.3. The minimum Gasteiger partial charge on any atom is -0.457 e. The van der Waals surface area contributed by atoms with Crippen LogP contribution in [-0.4, -0.2) is 24.0 Å². The first-order valence-corrected chi connectivity index (χ1v) is 8.77. The Hall–Kier alpha value is -2.95. The average Bonchev–Trinajstić information content (AvgIpc) is 3.21. The lowest BCUT2D eigenvalue weighted by atomic mass is 10.1. The number of fused-ring (bicyclic) bond motifs is 1. The molecule has 0 amide bonds. The Morgan fingerprint density at radius 2 is 1.81 bits per heavy atom. The number of carbonyl (C=O) groups is 1. The van der Waals surface area contributed by atoms with Gasteiger partial charge < -0.3 is 9.64 Å². The van der Waals surface area contributed by atoms with Crippen molar-refractivity contribution in [2.45, 2.75) is 19.4 Å². The number of hydrogen-bond acceptors (Lipinski definition) is 4. The highest BCUT2D eigenvalue weighted by molar-refractivity contribution is 5.99. The number of halogens is 1. The summed E-state index contributed by atoms with van der Waals surface area (Å²) in [7, 11) is 0. The van der Waals surface area contributed by atoms with Gasteiger partial charge in [-0.05, 0) is 42.7 Å². The summed E-state index contributed by atoms with van der Waals surface area (Å²) in [4.78, 5) is 19.6. The molecule has 0 unspecified atom stereocenters. The molecule has 26 heavy (non-hydrogen) atoms. The van der Waals surface area contributed by atoms with E-state index in [1.165, 1.54) is 12.1 Å². The lowest BCUT2D eigenvalue weighted by molar-refractivity contribution is 0.0473. The largest absolute Gasteiger partial charge is 0.457 e. The predicted molar refractivity (Wildman–Crippen MR) is 98.7 cm³/mol. The van der Waals surface area contributed by atoms with Crippen LogP contribution < -0.4 is 4.90 Å². The molecule has 4 nitrogen and oxygen atoms in total. The first kappa shape index (κ1) is 16.5. The Labute approximate surface area is 151 Å². The highest BCUT2D eigenvalue weighted by Crippen LogP contribution is 2.27. The third-order valence-corrected chi connectivity index (χ3v) is 4.61. The van der Waals surface area contributed by atoms with Gasteiger partial charge in [0.25, 0.3) is 0 Å². The summed E-state index contributed by atoms with van der Waals surface area (Å²) in [5.41, 5.74) is 2.09. The van der Waals surface area contributed by atoms with Crippen LogP contribution in [0.15, 0.2) is 54.6 Å². The summed E-state index contributed by atoms with van der Waals surface area (Å²) in [5, 5.41) is 0.907. The van der Waals surface area contributed by atoms with Gasteiger partial charge in [0, 0.05) is 18.5 Å². The molecule has 5 heteroatoms. The quantitative estimate of drug-likeness (QED) is 0.657. The fraction of sp³-hybridized carbons (Fsp3) is 0.238. The maximum absolute atomic E-state index is 13.0. The molecule has 0 bridgehead atoms. The Morgan fingerprint density at radius 3 is 2.58 bits per heavy atom. The number of rotatable bonds is 4. The van der Waals surface area contributed by atoms with Gasteiger partial charge in [-0.2, -0.15) is 0 Å². The van der Waals surface area contributed by atoms with Crippen LogP contribution in [0.4, 0.5) is 10.2 Å². The third-order valence-electron chi connectivity index (χ3n) is 4.61. The maximum Gasteiger partial charge on any atom is 0.342 e. The number of ether oxygens (including phenoxy) is 1. The molecule has 0 radical (unpaired) electrons. The number of benzene rings is 2. The smallest absolute Gasteiger partial charge is 0.342 e. The van der Waals surface area contributed by atoms with Crippen LogP contribution in [-0.2, 0) is 11.3 Å². The number of hydrogen-bond donors (Lipinski definition) is 0. The Morgan fingerprint density at radius 1 is 1.08 bits per heavy atom. The van der Waals surface area contributed by atoms with Crippen molar-refractivity contribution in [1.29, 1.82) is 0 Å². The molecule has 1 fully saturated rings. The SMILES string of the molecule is O=C(OCc1ccc(F)cc1)c1cc2ccccc2nc1N1CCCC1. The van der Waals surface area contributed by atoms with E-state index in [2.05, 4.69) is 4.90 Å². The number of pyridine rings is 1. The van der Waals surface area contributed by atoms with E-state index < -0.39 is 5.97 Å². The molecule has 1 aliphatic rings. The molecule has 2 heterocycles. The lowest BCUT2D eigenvalue weighted by Gasteiger charge is -2.20. The van der Waals surface area contributed by atoms with E-state index in [0.717, 1.165) is 42.4 Å². The van der Waals surface area contributed by atoms with Gasteiger partial charge in [0.2, 0.25) is 0 Å². The van der Waals surface area contributed by atoms with Gasteiger partial charge in [0.15, 0.2) is 0 Å². The van der Waals surface area contributed by atoms with Crippen molar-refractivity contribution < 1.29 is 13.9 Å². The minimum absolute atomic E-state index is 0.103. The van der Waals surface area contributed by atoms with Gasteiger partial charge in [-0.25, -0.2) is 14.2 Å². The van der Waals surface area contributed by atoms with E-state index in [9.17, 15) is 9.18 Å². The van der Waals surface area contributed by atoms with Crippen molar-refractivity contribution >= 4 is 22.7 Å². The standard InChI is InChI=1S/C21H19FN2O2/c22-17-9-7-15(8-10-17)14-26-21(25)18-13-16-5-1-2-6-19(16)23-20(18)24-11-3-4-12-24/h1-2,5-10,13H,3-4,11-12,14H2. The van der Waals surface area contributed by atoms with Crippen molar-refractivity contribution in [2.75, 3.05) is 18.0 Å². The Balaban J connectivity index is 1.63. The van der Waals surface area contributed by atoms with Crippen LogP contribution in [0, 0.1) is 5.82 Å². The molecule has 1 aromatic heterocycles. The molecule has 0 saturated carbocycles. The number of esters is 1. The van der Waals surface area contributed by atoms with Crippen molar-refractivity contribution in [3.63, 3.8) is 0 Å². The first-order chi connectivity index (χ1) is 12.7. The number of carbonyl (C=O) groups excluding carboxylic acids is 1. The fourth-order valence-corrected chi connectivity index (χ4v) is 3.23. The number of aromatic nitrogens is 1. The van der Waals surface area contributed by atoms with Gasteiger partial charge in [-0.3, -0.25) is 0 Å². The van der Waals surface area contributed by atoms with Crippen LogP contribution >= 0.6 is 0 Å². The molecule has 1 aliphatic heterocycles. The van der Waals surface area contributed by atoms with Gasteiger partial charge in [0.1, 0.15) is 23.8 Å². The normalized spacial score (nSPS) is 14.0. The topological polar surface area (TPSA) is 42.4 Å². The summed E-state index contributed by atoms with van der Waals surface area (Å²) < 4.78 is 18.5. The van der Waals surface area contributed by atoms with Gasteiger partial charge >= 0.3 is 5.97 Å². The zero-order chi connectivity index (χ0) is 17.9. The summed E-state index contributed by atoms with van der Waals surface area (Å²) in [6.07, 6.45) is 2.19. The van der Waals surface area contributed by atoms with Crippen molar-refractivity contribution in [2.24, 2.45) is 0 Å². The number of anilines is 1. The fourth-order valence-electron chi connectivity index (χ4n) is 3.23. The monoisotopic (exact) mass is 350 g/mol. The van der Waals surface area contributed by atoms with Crippen LogP contribution in [0.1, 0.15) is 28.8 Å². The number of nitrogens with zero attached hydrogens (tertiary/aromatic N) is 2. The van der Waals surface area contributed by atoms with Crippen LogP contribution in [0.25, 0.3) is 10.9 Å². The molecule has 0 spiro atoms. The van der Waals surface area contributed by atoms with E-state index in [0.29, 0.717) is 11.4 Å². The van der Waals surface area contributed by atoms with E-state index >= 15 is 0 Å². The Kier molecular flexibility index (Phi) is 4.52. The van der Waals surface area contributed by atoms with Crippen molar-refractivity contribution in [3.05, 3.63) is 71.5 Å². The molecule has 132 valence electrons. The second-order valence-corrected chi connectivity index (χ2v) is 6.45. The van der Waals surface area contributed by atoms with Crippen LogP contribution in [0.3, 0.4) is 0 Å². The predicted octanol–water partition coefficient (Wildman–Crippen LogP) is 4.33. The summed E-state index contributed by atoms with van der Waals surface area (Å²) in [6, 6.07) is 15.5.